The van der Waals surface area contributed by atoms with Crippen molar-refractivity contribution >= 4 is 35.1 Å². The lowest BCUT2D eigenvalue weighted by atomic mass is 9.78. The predicted molar refractivity (Wildman–Crippen MR) is 86.6 cm³/mol. The van der Waals surface area contributed by atoms with Gasteiger partial charge in [-0.3, -0.25) is 19.2 Å². The molecule has 0 saturated carbocycles. The number of carbonyl (C=O) groups excluding carboxylic acids is 4. The summed E-state index contributed by atoms with van der Waals surface area (Å²) in [7, 11) is 0. The highest BCUT2D eigenvalue weighted by Gasteiger charge is 2.67. The Hall–Kier alpha value is -3.94. The molecule has 2 N–H and O–H groups in total. The van der Waals surface area contributed by atoms with Gasteiger partial charge in [0, 0.05) is 22.3 Å². The smallest absolute Gasteiger partial charge is 0.335 e. The molecule has 8 nitrogen and oxygen atoms in total. The third-order valence-electron chi connectivity index (χ3n) is 4.87. The second-order valence-electron chi connectivity index (χ2n) is 6.20. The van der Waals surface area contributed by atoms with Crippen LogP contribution >= 0.6 is 0 Å². The van der Waals surface area contributed by atoms with Gasteiger partial charge < -0.3 is 10.2 Å². The molecule has 0 amide bonds. The van der Waals surface area contributed by atoms with Gasteiger partial charge in [-0.2, -0.15) is 0 Å². The van der Waals surface area contributed by atoms with E-state index < -0.39 is 40.5 Å². The third-order valence-corrected chi connectivity index (χ3v) is 4.87. The van der Waals surface area contributed by atoms with E-state index in [1.54, 1.807) is 0 Å². The second kappa shape index (κ2) is 5.04. The molecule has 0 aliphatic heterocycles. The summed E-state index contributed by atoms with van der Waals surface area (Å²) in [6.07, 6.45) is 0. The summed E-state index contributed by atoms with van der Waals surface area (Å²) in [5.41, 5.74) is -4.22. The summed E-state index contributed by atoms with van der Waals surface area (Å²) < 4.78 is 0. The van der Waals surface area contributed by atoms with Crippen LogP contribution in [0, 0.1) is 5.41 Å². The summed E-state index contributed by atoms with van der Waals surface area (Å²) in [6.45, 7) is 0. The maximum Gasteiger partial charge on any atom is 0.335 e. The van der Waals surface area contributed by atoms with Gasteiger partial charge in [0.05, 0.1) is 11.1 Å². The number of fused-ring (bicyclic) bond motifs is 2. The van der Waals surface area contributed by atoms with Gasteiger partial charge in [-0.1, -0.05) is 0 Å². The zero-order valence-corrected chi connectivity index (χ0v) is 13.3. The monoisotopic (exact) mass is 364 g/mol. The van der Waals surface area contributed by atoms with E-state index in [2.05, 4.69) is 0 Å². The number of carbonyl (C=O) groups is 6. The Morgan fingerprint density at radius 2 is 0.926 bits per heavy atom. The van der Waals surface area contributed by atoms with Gasteiger partial charge in [0.1, 0.15) is 0 Å². The van der Waals surface area contributed by atoms with Gasteiger partial charge in [-0.25, -0.2) is 9.59 Å². The summed E-state index contributed by atoms with van der Waals surface area (Å²) in [5.74, 6) is -6.90. The number of rotatable bonds is 2. The summed E-state index contributed by atoms with van der Waals surface area (Å²) in [6, 6.07) is 6.31. The van der Waals surface area contributed by atoms with Crippen LogP contribution in [0.4, 0.5) is 0 Å². The molecule has 0 radical (unpaired) electrons. The SMILES string of the molecule is O=C(O)c1ccc2c(c1)C(=O)C1(C2=O)C(=O)c2ccc(C(=O)O)cc2C1=O. The fourth-order valence-electron chi connectivity index (χ4n) is 3.55. The van der Waals surface area contributed by atoms with Crippen LogP contribution in [0.2, 0.25) is 0 Å². The van der Waals surface area contributed by atoms with E-state index in [1.165, 1.54) is 0 Å². The molecule has 0 saturated heterocycles. The molecule has 1 spiro atoms. The quantitative estimate of drug-likeness (QED) is 0.764. The highest BCUT2D eigenvalue weighted by atomic mass is 16.4. The minimum Gasteiger partial charge on any atom is -0.478 e. The summed E-state index contributed by atoms with van der Waals surface area (Å²) in [4.78, 5) is 73.9. The standard InChI is InChI=1S/C19H8O8/c20-13-9-3-1-7(17(24)25)5-11(9)15(22)19(13)14(21)10-4-2-8(18(26)27)6-12(10)16(19)23/h1-6H,(H,24,25)(H,26,27). The number of aromatic carboxylic acids is 2. The van der Waals surface area contributed by atoms with Crippen molar-refractivity contribution in [2.75, 3.05) is 0 Å². The molecule has 8 heteroatoms. The minimum absolute atomic E-state index is 0.210. The lowest BCUT2D eigenvalue weighted by Gasteiger charge is -2.14. The van der Waals surface area contributed by atoms with Crippen LogP contribution in [0.1, 0.15) is 62.1 Å². The van der Waals surface area contributed by atoms with Crippen molar-refractivity contribution in [2.24, 2.45) is 5.41 Å². The van der Waals surface area contributed by atoms with Crippen LogP contribution in [-0.2, 0) is 0 Å². The van der Waals surface area contributed by atoms with Gasteiger partial charge >= 0.3 is 11.9 Å². The van der Waals surface area contributed by atoms with Crippen molar-refractivity contribution in [1.82, 2.24) is 0 Å². The fraction of sp³-hybridized carbons (Fsp3) is 0.0526. The Bertz CT molecular complexity index is 1060. The first-order valence-electron chi connectivity index (χ1n) is 7.65. The molecule has 2 aliphatic rings. The van der Waals surface area contributed by atoms with Crippen LogP contribution in [0.5, 0.6) is 0 Å². The number of hydrogen-bond acceptors (Lipinski definition) is 6. The second-order valence-corrected chi connectivity index (χ2v) is 6.20. The molecule has 2 aliphatic carbocycles. The van der Waals surface area contributed by atoms with E-state index >= 15 is 0 Å². The molecule has 0 aromatic heterocycles. The molecule has 0 unspecified atom stereocenters. The van der Waals surface area contributed by atoms with E-state index in [0.29, 0.717) is 0 Å². The molecule has 2 aromatic carbocycles. The molecule has 0 heterocycles. The normalized spacial score (nSPS) is 16.6. The molecule has 2 aromatic rings. The number of carboxylic acids is 2. The predicted octanol–water partition coefficient (Wildman–Crippen LogP) is 1.53. The number of benzene rings is 2. The van der Waals surface area contributed by atoms with Gasteiger partial charge in [0.15, 0.2) is 23.1 Å². The van der Waals surface area contributed by atoms with E-state index in [9.17, 15) is 28.8 Å². The van der Waals surface area contributed by atoms with E-state index in [0.717, 1.165) is 36.4 Å². The first-order valence-corrected chi connectivity index (χ1v) is 7.65. The van der Waals surface area contributed by atoms with Gasteiger partial charge in [0.25, 0.3) is 0 Å². The number of Topliss-reactive ketones (excluding diaryl/α,β-unsaturated/α-hetero) is 4. The van der Waals surface area contributed by atoms with E-state index in [-0.39, 0.29) is 33.4 Å². The van der Waals surface area contributed by atoms with E-state index in [1.807, 2.05) is 0 Å². The topological polar surface area (TPSA) is 143 Å². The average molecular weight is 364 g/mol. The van der Waals surface area contributed by atoms with Crippen LogP contribution in [0.25, 0.3) is 0 Å². The number of ketones is 4. The molecule has 4 rings (SSSR count). The first-order chi connectivity index (χ1) is 12.7. The zero-order chi connectivity index (χ0) is 19.7. The lowest BCUT2D eigenvalue weighted by molar-refractivity contribution is 0.0583. The lowest BCUT2D eigenvalue weighted by Crippen LogP contribution is -2.44. The molecule has 0 bridgehead atoms. The largest absolute Gasteiger partial charge is 0.478 e. The van der Waals surface area contributed by atoms with Crippen molar-refractivity contribution in [2.45, 2.75) is 0 Å². The van der Waals surface area contributed by atoms with Crippen molar-refractivity contribution in [3.8, 4) is 0 Å². The van der Waals surface area contributed by atoms with Gasteiger partial charge in [0.2, 0.25) is 5.41 Å². The molecule has 0 atom stereocenters. The molecular formula is C19H8O8. The van der Waals surface area contributed by atoms with Crippen LogP contribution in [-0.4, -0.2) is 45.3 Å². The Kier molecular flexibility index (Phi) is 3.08. The Balaban J connectivity index is 1.94. The van der Waals surface area contributed by atoms with Crippen LogP contribution < -0.4 is 0 Å². The Morgan fingerprint density at radius 3 is 1.26 bits per heavy atom. The Morgan fingerprint density at radius 1 is 0.593 bits per heavy atom. The highest BCUT2D eigenvalue weighted by molar-refractivity contribution is 6.56. The molecule has 0 fully saturated rings. The molecule has 132 valence electrons. The third kappa shape index (κ3) is 1.81. The molecular weight excluding hydrogens is 356 g/mol. The van der Waals surface area contributed by atoms with Crippen LogP contribution in [0.15, 0.2) is 36.4 Å². The van der Waals surface area contributed by atoms with Crippen molar-refractivity contribution in [3.63, 3.8) is 0 Å². The molecule has 27 heavy (non-hydrogen) atoms. The Labute approximate surface area is 150 Å². The van der Waals surface area contributed by atoms with Crippen molar-refractivity contribution in [1.29, 1.82) is 0 Å². The summed E-state index contributed by atoms with van der Waals surface area (Å²) >= 11 is 0. The van der Waals surface area contributed by atoms with Crippen LogP contribution in [0.3, 0.4) is 0 Å². The maximum atomic E-state index is 12.9. The van der Waals surface area contributed by atoms with Crippen molar-refractivity contribution in [3.05, 3.63) is 69.8 Å². The number of hydrogen-bond donors (Lipinski definition) is 2. The van der Waals surface area contributed by atoms with E-state index in [4.69, 9.17) is 10.2 Å². The van der Waals surface area contributed by atoms with Gasteiger partial charge in [-0.05, 0) is 36.4 Å². The van der Waals surface area contributed by atoms with Crippen molar-refractivity contribution < 1.29 is 39.0 Å². The summed E-state index contributed by atoms with van der Waals surface area (Å²) in [5, 5.41) is 18.1. The maximum absolute atomic E-state index is 12.9. The highest BCUT2D eigenvalue weighted by Crippen LogP contribution is 2.47. The number of carboxylic acid groups (broad SMARTS) is 2. The first kappa shape index (κ1) is 16.5. The minimum atomic E-state index is -2.64. The zero-order valence-electron chi connectivity index (χ0n) is 13.3. The van der Waals surface area contributed by atoms with Gasteiger partial charge in [-0.15, -0.1) is 0 Å². The average Bonchev–Trinajstić information content (AvgIpc) is 3.01. The fourth-order valence-corrected chi connectivity index (χ4v) is 3.55.